The van der Waals surface area contributed by atoms with E-state index in [-0.39, 0.29) is 0 Å². The zero-order chi connectivity index (χ0) is 46.7. The summed E-state index contributed by atoms with van der Waals surface area (Å²) < 4.78 is 0. The summed E-state index contributed by atoms with van der Waals surface area (Å²) in [4.78, 5) is 0. The van der Waals surface area contributed by atoms with Gasteiger partial charge in [0.1, 0.15) is 0 Å². The van der Waals surface area contributed by atoms with Crippen LogP contribution in [0.2, 0.25) is 0 Å². The number of allylic oxidation sites excluding steroid dienone is 12. The van der Waals surface area contributed by atoms with Gasteiger partial charge in [0.25, 0.3) is 0 Å². The van der Waals surface area contributed by atoms with Gasteiger partial charge in [-0.05, 0) is 137 Å². The Hall–Kier alpha value is -7.46. The van der Waals surface area contributed by atoms with E-state index in [1.165, 1.54) is 89.0 Å². The third kappa shape index (κ3) is 12.8. The molecule has 7 aromatic carbocycles. The maximum Gasteiger partial charge on any atom is 0.0353 e. The maximum absolute atomic E-state index is 5.72. The van der Waals surface area contributed by atoms with Gasteiger partial charge in [0.15, 0.2) is 0 Å². The van der Waals surface area contributed by atoms with Crippen LogP contribution in [0.15, 0.2) is 230 Å². The Kier molecular flexibility index (Phi) is 17.9. The number of hydrogen-bond donors (Lipinski definition) is 0. The Morgan fingerprint density at radius 3 is 1.65 bits per heavy atom. The molecular formula is C66H64. The summed E-state index contributed by atoms with van der Waals surface area (Å²) >= 11 is 0. The molecule has 0 bridgehead atoms. The molecule has 0 N–H and O–H groups in total. The van der Waals surface area contributed by atoms with Crippen LogP contribution in [0.1, 0.15) is 85.9 Å². The molecule has 1 aliphatic carbocycles. The molecule has 0 aromatic heterocycles. The highest BCUT2D eigenvalue weighted by Gasteiger charge is 2.22. The standard InChI is InChI=1S/C38H34.C20H20.C8H10/c1-3-4-12-36(34-25-23-33(24-26-34)31-13-7-5-8-14-31)27-29(2)30-19-21-35(22-20-30)38-18-11-17-37(28-38)32-15-9-6-10-16-32;1-5-10-15(7-3)18-12-9-13-19-17(8-4)16(11-6-2)14-20(18)19;1-7-3-5-8(2)6-4-7/h4-29H,3H2,1-2H3;4-7,9-13H,14H2,1-3H3;3-6H,1-2H3/b12-4-,36-27+;10-5-,11-6-,15-7+;. The quantitative estimate of drug-likeness (QED) is 0.0898. The minimum Gasteiger partial charge on any atom is -0.115 e. The zero-order valence-electron chi connectivity index (χ0n) is 39.9. The summed E-state index contributed by atoms with van der Waals surface area (Å²) in [7, 11) is 0. The van der Waals surface area contributed by atoms with Gasteiger partial charge < -0.3 is 0 Å². The molecule has 8 rings (SSSR count). The highest BCUT2D eigenvalue weighted by Crippen LogP contribution is 2.38. The fourth-order valence-electron chi connectivity index (χ4n) is 8.24. The summed E-state index contributed by atoms with van der Waals surface area (Å²) in [5, 5.41) is 0. The van der Waals surface area contributed by atoms with Crippen molar-refractivity contribution >= 4 is 16.7 Å². The molecule has 0 aliphatic heterocycles. The predicted octanol–water partition coefficient (Wildman–Crippen LogP) is 18.3. The van der Waals surface area contributed by atoms with E-state index in [2.05, 4.69) is 265 Å². The molecule has 0 saturated heterocycles. The molecule has 0 fully saturated rings. The summed E-state index contributed by atoms with van der Waals surface area (Å²) in [5.74, 6) is 3.16. The minimum atomic E-state index is 0.296. The number of rotatable bonds is 11. The van der Waals surface area contributed by atoms with E-state index in [1.54, 1.807) is 0 Å². The minimum absolute atomic E-state index is 0.296. The summed E-state index contributed by atoms with van der Waals surface area (Å²) in [5.41, 5.74) is 21.3. The molecule has 7 aromatic rings. The van der Waals surface area contributed by atoms with Crippen LogP contribution in [0.25, 0.3) is 50.1 Å². The van der Waals surface area contributed by atoms with Crippen molar-refractivity contribution in [2.24, 2.45) is 0 Å². The predicted molar refractivity (Wildman–Crippen MR) is 290 cm³/mol. The lowest BCUT2D eigenvalue weighted by atomic mass is 9.92. The number of hydrogen-bond acceptors (Lipinski definition) is 0. The second-order valence-electron chi connectivity index (χ2n) is 16.7. The van der Waals surface area contributed by atoms with Gasteiger partial charge in [0.05, 0.1) is 0 Å². The third-order valence-electron chi connectivity index (χ3n) is 11.9. The van der Waals surface area contributed by atoms with Crippen LogP contribution in [-0.4, -0.2) is 0 Å². The van der Waals surface area contributed by atoms with Crippen LogP contribution in [0.5, 0.6) is 0 Å². The monoisotopic (exact) mass is 857 g/mol. The number of aryl methyl sites for hydroxylation is 2. The first-order chi connectivity index (χ1) is 32.3. The first-order valence-electron chi connectivity index (χ1n) is 23.3. The molecule has 0 spiro atoms. The van der Waals surface area contributed by atoms with E-state index in [0.717, 1.165) is 18.4 Å². The summed E-state index contributed by atoms with van der Waals surface area (Å²) in [6, 6.07) is 62.8. The summed E-state index contributed by atoms with van der Waals surface area (Å²) in [6.07, 6.45) is 25.1. The Bertz CT molecular complexity index is 2840. The van der Waals surface area contributed by atoms with Gasteiger partial charge in [-0.1, -0.05) is 249 Å². The van der Waals surface area contributed by atoms with E-state index >= 15 is 0 Å². The van der Waals surface area contributed by atoms with Crippen molar-refractivity contribution in [1.82, 2.24) is 0 Å². The lowest BCUT2D eigenvalue weighted by Gasteiger charge is -2.13. The Morgan fingerprint density at radius 1 is 0.576 bits per heavy atom. The van der Waals surface area contributed by atoms with Crippen LogP contribution in [0.4, 0.5) is 0 Å². The fourth-order valence-corrected chi connectivity index (χ4v) is 8.24. The van der Waals surface area contributed by atoms with E-state index < -0.39 is 0 Å². The Balaban J connectivity index is 0.000000212. The van der Waals surface area contributed by atoms with Crippen molar-refractivity contribution < 1.29 is 0 Å². The average Bonchev–Trinajstić information content (AvgIpc) is 3.74. The largest absolute Gasteiger partial charge is 0.115 e. The van der Waals surface area contributed by atoms with Gasteiger partial charge in [-0.2, -0.15) is 0 Å². The van der Waals surface area contributed by atoms with E-state index in [4.69, 9.17) is 6.42 Å². The second-order valence-corrected chi connectivity index (χ2v) is 16.7. The van der Waals surface area contributed by atoms with Crippen molar-refractivity contribution in [2.75, 3.05) is 0 Å². The Labute approximate surface area is 396 Å². The van der Waals surface area contributed by atoms with Gasteiger partial charge in [-0.3, -0.25) is 0 Å². The zero-order valence-corrected chi connectivity index (χ0v) is 39.9. The van der Waals surface area contributed by atoms with E-state index in [1.807, 2.05) is 13.8 Å². The molecule has 0 saturated carbocycles. The van der Waals surface area contributed by atoms with E-state index in [0.29, 0.717) is 5.92 Å². The number of fused-ring (bicyclic) bond motifs is 1. The smallest absolute Gasteiger partial charge is 0.0353 e. The van der Waals surface area contributed by atoms with Gasteiger partial charge in [-0.25, -0.2) is 0 Å². The first-order valence-corrected chi connectivity index (χ1v) is 23.3. The first kappa shape index (κ1) is 48.0. The van der Waals surface area contributed by atoms with Crippen molar-refractivity contribution in [3.63, 3.8) is 0 Å². The highest BCUT2D eigenvalue weighted by atomic mass is 14.2. The normalized spacial score (nSPS) is 12.9. The molecule has 0 nitrogen and oxygen atoms in total. The molecule has 0 radical (unpaired) electrons. The Morgan fingerprint density at radius 2 is 1.11 bits per heavy atom. The molecule has 1 atom stereocenters. The fraction of sp³-hybridized carbons (Fsp3) is 0.152. The van der Waals surface area contributed by atoms with E-state index in [9.17, 15) is 0 Å². The second kappa shape index (κ2) is 24.6. The van der Waals surface area contributed by atoms with Crippen LogP contribution < -0.4 is 0 Å². The van der Waals surface area contributed by atoms with Gasteiger partial charge >= 0.3 is 0 Å². The molecule has 1 unspecified atom stereocenters. The molecule has 66 heavy (non-hydrogen) atoms. The van der Waals surface area contributed by atoms with Crippen molar-refractivity contribution in [3.8, 4) is 45.7 Å². The van der Waals surface area contributed by atoms with Crippen molar-refractivity contribution in [2.45, 2.75) is 67.2 Å². The molecular weight excluding hydrogens is 793 g/mol. The van der Waals surface area contributed by atoms with Crippen LogP contribution in [0, 0.1) is 26.2 Å². The van der Waals surface area contributed by atoms with Crippen molar-refractivity contribution in [3.05, 3.63) is 269 Å². The van der Waals surface area contributed by atoms with Gasteiger partial charge in [0, 0.05) is 5.57 Å². The molecule has 0 heteroatoms. The van der Waals surface area contributed by atoms with Gasteiger partial charge in [0.2, 0.25) is 0 Å². The molecule has 0 heterocycles. The summed E-state index contributed by atoms with van der Waals surface area (Å²) in [6.45, 7) is 14.8. The number of benzene rings is 7. The lowest BCUT2D eigenvalue weighted by Crippen LogP contribution is -1.92. The van der Waals surface area contributed by atoms with Crippen LogP contribution in [0.3, 0.4) is 0 Å². The topological polar surface area (TPSA) is 0 Å². The lowest BCUT2D eigenvalue weighted by molar-refractivity contribution is 0.970. The SMILES string of the molecule is C#CC1=C(/C=C\C)Cc2c1cccc2C(/C=C\C)=C/C.CC/C=C\C(=C/C(C)c1ccc(-c2cccc(-c3ccccc3)c2)cc1)c1ccc(-c2ccccc2)cc1.Cc1ccc(C)cc1. The van der Waals surface area contributed by atoms with Crippen LogP contribution >= 0.6 is 0 Å². The maximum atomic E-state index is 5.72. The third-order valence-corrected chi connectivity index (χ3v) is 11.9. The highest BCUT2D eigenvalue weighted by molar-refractivity contribution is 5.91. The van der Waals surface area contributed by atoms with Crippen LogP contribution in [-0.2, 0) is 6.42 Å². The van der Waals surface area contributed by atoms with Gasteiger partial charge in [-0.15, -0.1) is 6.42 Å². The van der Waals surface area contributed by atoms with Crippen molar-refractivity contribution in [1.29, 1.82) is 0 Å². The number of terminal acetylenes is 1. The molecule has 1 aliphatic rings. The average molecular weight is 857 g/mol. The molecule has 328 valence electrons. The molecule has 0 amide bonds.